The molecule has 1 spiro atoms. The van der Waals surface area contributed by atoms with Crippen LogP contribution in [0, 0.1) is 23.7 Å². The third kappa shape index (κ3) is 18.1. The lowest BCUT2D eigenvalue weighted by Gasteiger charge is -2.39. The van der Waals surface area contributed by atoms with E-state index in [1.807, 2.05) is 6.92 Å². The SMILES string of the molecule is CCC(C)[C@@H]1NC(=O)[C@H](C2CC2)N(C)C(=O)C[C@@H](C)NC(=O)[C@H](C(C)C)N(C)C(=O)C2(CCCC2)NC(=O)[C@@H]2CCCN2C(=O)[C@H](CCc2ccc(C(F)(F)F)c(Cl)c2)NC(=O)CN(C)C(=O)[C@H](CC2CCCCC2)N(C)C(=O)CN(C)C(=O)CN(C)C1=O. The number of amides is 11. The predicted octanol–water partition coefficient (Wildman–Crippen LogP) is 4.53. The van der Waals surface area contributed by atoms with E-state index in [9.17, 15) is 65.9 Å². The van der Waals surface area contributed by atoms with Crippen LogP contribution in [-0.4, -0.2) is 216 Å². The van der Waals surface area contributed by atoms with Crippen molar-refractivity contribution in [2.24, 2.45) is 23.7 Å². The van der Waals surface area contributed by atoms with Gasteiger partial charge in [0.15, 0.2) is 0 Å². The van der Waals surface area contributed by atoms with Gasteiger partial charge < -0.3 is 55.6 Å². The fraction of sp³-hybridized carbons (Fsp3) is 0.730. The van der Waals surface area contributed by atoms with Gasteiger partial charge in [-0.15, -0.1) is 0 Å². The number of nitrogens with zero attached hydrogens (tertiary/aromatic N) is 7. The monoisotopic (exact) mass is 1270 g/mol. The number of halogens is 4. The van der Waals surface area contributed by atoms with Crippen molar-refractivity contribution in [1.82, 2.24) is 55.6 Å². The van der Waals surface area contributed by atoms with E-state index in [2.05, 4.69) is 21.3 Å². The van der Waals surface area contributed by atoms with Crippen LogP contribution in [0.2, 0.25) is 5.02 Å². The van der Waals surface area contributed by atoms with Gasteiger partial charge in [-0.25, -0.2) is 0 Å². The molecule has 8 atom stereocenters. The fourth-order valence-electron chi connectivity index (χ4n) is 13.2. The molecule has 1 aromatic rings. The maximum atomic E-state index is 15.0. The Hall–Kier alpha value is -6.53. The number of likely N-dealkylation sites (N-methyl/N-ethyl adjacent to an activating group) is 6. The van der Waals surface area contributed by atoms with Gasteiger partial charge in [0.05, 0.1) is 30.2 Å². The van der Waals surface area contributed by atoms with Gasteiger partial charge in [-0.1, -0.05) is 96.7 Å². The van der Waals surface area contributed by atoms with E-state index in [0.717, 1.165) is 54.0 Å². The molecule has 0 bridgehead atoms. The number of aryl methyl sites for hydroxylation is 1. The number of carbonyl (C=O) groups excluding carboxylic acids is 11. The molecule has 2 aliphatic heterocycles. The smallest absolute Gasteiger partial charge is 0.351 e. The van der Waals surface area contributed by atoms with Crippen LogP contribution >= 0.6 is 11.6 Å². The Morgan fingerprint density at radius 1 is 0.663 bits per heavy atom. The van der Waals surface area contributed by atoms with E-state index < -0.39 is 161 Å². The second-order valence-electron chi connectivity index (χ2n) is 26.2. The van der Waals surface area contributed by atoms with Gasteiger partial charge in [0.25, 0.3) is 0 Å². The van der Waals surface area contributed by atoms with Crippen LogP contribution < -0.4 is 21.3 Å². The average Bonchev–Trinajstić information content (AvgIpc) is 1.87. The molecule has 11 amide bonds. The van der Waals surface area contributed by atoms with Crippen molar-refractivity contribution >= 4 is 76.6 Å². The number of hydrogen-bond donors (Lipinski definition) is 4. The van der Waals surface area contributed by atoms with Crippen molar-refractivity contribution in [2.45, 2.75) is 204 Å². The number of carbonyl (C=O) groups is 11. The van der Waals surface area contributed by atoms with Crippen LogP contribution in [0.5, 0.6) is 0 Å². The summed E-state index contributed by atoms with van der Waals surface area (Å²) in [5.74, 6) is -7.76. The number of nitrogens with one attached hydrogen (secondary N) is 4. The van der Waals surface area contributed by atoms with Gasteiger partial charge >= 0.3 is 6.18 Å². The zero-order valence-corrected chi connectivity index (χ0v) is 54.5. The van der Waals surface area contributed by atoms with Crippen LogP contribution in [0.15, 0.2) is 18.2 Å². The molecule has 1 unspecified atom stereocenters. The molecule has 2 saturated heterocycles. The summed E-state index contributed by atoms with van der Waals surface area (Å²) >= 11 is 6.11. The number of alkyl halides is 3. The molecule has 496 valence electrons. The summed E-state index contributed by atoms with van der Waals surface area (Å²) in [6, 6.07) is -4.43. The minimum Gasteiger partial charge on any atom is -0.351 e. The first-order valence-electron chi connectivity index (χ1n) is 31.7. The Morgan fingerprint density at radius 3 is 1.89 bits per heavy atom. The zero-order chi connectivity index (χ0) is 66.0. The molecule has 4 N–H and O–H groups in total. The molecule has 0 radical (unpaired) electrons. The molecule has 5 fully saturated rings. The summed E-state index contributed by atoms with van der Waals surface area (Å²) in [6.07, 6.45) is 3.22. The number of rotatable bonds is 9. The summed E-state index contributed by atoms with van der Waals surface area (Å²) in [7, 11) is 8.59. The standard InChI is InChI=1S/C63H95ClF3N11O11/c1-12-38(4)52-60(88)74(8)35-50(81)72(6)36-51(82)75(9)47(33-40-19-14-13-15-20-40)59(87)73(7)34-48(79)69-45(27-23-41-22-26-43(44(64)32-41)63(65,66)67)58(86)78-30-18-21-46(78)55(83)71-62(28-16-17-29-62)61(89)77(11)53(37(2)3)56(84)68-39(5)31-49(80)76(10)54(42-24-25-42)57(85)70-52/h22,26,32,37-40,42,45-47,52-54H,12-21,23-25,27-31,33-36H2,1-11H3,(H,68,84)(H,69,79)(H,70,85)(H,71,83)/t38?,39-,45+,46+,47+,52+,53+,54+/m1/s1. The normalized spacial score (nSPS) is 27.3. The van der Waals surface area contributed by atoms with E-state index in [4.69, 9.17) is 11.6 Å². The van der Waals surface area contributed by atoms with Crippen LogP contribution in [0.25, 0.3) is 0 Å². The van der Waals surface area contributed by atoms with E-state index in [1.54, 1.807) is 27.7 Å². The van der Waals surface area contributed by atoms with Crippen molar-refractivity contribution < 1.29 is 65.9 Å². The molecular formula is C63H95ClF3N11O11. The molecule has 89 heavy (non-hydrogen) atoms. The van der Waals surface area contributed by atoms with Gasteiger partial charge in [0.2, 0.25) is 65.0 Å². The Morgan fingerprint density at radius 2 is 1.29 bits per heavy atom. The van der Waals surface area contributed by atoms with E-state index in [1.165, 1.54) is 72.9 Å². The van der Waals surface area contributed by atoms with Crippen molar-refractivity contribution in [1.29, 1.82) is 0 Å². The van der Waals surface area contributed by atoms with E-state index in [-0.39, 0.29) is 63.3 Å². The van der Waals surface area contributed by atoms with Gasteiger partial charge in [0, 0.05) is 61.3 Å². The number of fused-ring (bicyclic) bond motifs is 1. The first kappa shape index (κ1) is 71.5. The van der Waals surface area contributed by atoms with Crippen molar-refractivity contribution in [3.05, 3.63) is 34.3 Å². The summed E-state index contributed by atoms with van der Waals surface area (Å²) in [6.45, 7) is 7.25. The highest BCUT2D eigenvalue weighted by Crippen LogP contribution is 2.38. The highest BCUT2D eigenvalue weighted by Gasteiger charge is 2.50. The highest BCUT2D eigenvalue weighted by atomic mass is 35.5. The third-order valence-corrected chi connectivity index (χ3v) is 19.2. The van der Waals surface area contributed by atoms with Crippen LogP contribution in [0.4, 0.5) is 13.2 Å². The second kappa shape index (κ2) is 31.0. The lowest BCUT2D eigenvalue weighted by Crippen LogP contribution is -2.64. The average molecular weight is 1270 g/mol. The lowest BCUT2D eigenvalue weighted by atomic mass is 9.84. The molecule has 26 heteroatoms. The van der Waals surface area contributed by atoms with E-state index in [0.29, 0.717) is 44.1 Å². The first-order valence-corrected chi connectivity index (χ1v) is 32.1. The Labute approximate surface area is 526 Å². The van der Waals surface area contributed by atoms with Gasteiger partial charge in [0.1, 0.15) is 41.8 Å². The Kier molecular flexibility index (Phi) is 24.9. The maximum Gasteiger partial charge on any atom is 0.417 e. The summed E-state index contributed by atoms with van der Waals surface area (Å²) < 4.78 is 41.3. The Bertz CT molecular complexity index is 2770. The zero-order valence-electron chi connectivity index (χ0n) is 53.8. The van der Waals surface area contributed by atoms with Crippen molar-refractivity contribution in [3.8, 4) is 0 Å². The largest absolute Gasteiger partial charge is 0.417 e. The Balaban J connectivity index is 1.34. The first-order chi connectivity index (χ1) is 41.8. The van der Waals surface area contributed by atoms with Gasteiger partial charge in [-0.2, -0.15) is 13.2 Å². The number of benzene rings is 1. The summed E-state index contributed by atoms with van der Waals surface area (Å²) in [5.41, 5.74) is -2.24. The molecule has 6 rings (SSSR count). The molecular weight excluding hydrogens is 1180 g/mol. The second-order valence-corrected chi connectivity index (χ2v) is 26.6. The lowest BCUT2D eigenvalue weighted by molar-refractivity contribution is -0.149. The minimum absolute atomic E-state index is 0.0375. The van der Waals surface area contributed by atoms with E-state index >= 15 is 0 Å². The highest BCUT2D eigenvalue weighted by molar-refractivity contribution is 6.31. The minimum atomic E-state index is -4.74. The summed E-state index contributed by atoms with van der Waals surface area (Å²) in [4.78, 5) is 168. The van der Waals surface area contributed by atoms with Crippen LogP contribution in [0.1, 0.15) is 155 Å². The predicted molar refractivity (Wildman–Crippen MR) is 326 cm³/mol. The van der Waals surface area contributed by atoms with Crippen molar-refractivity contribution in [3.63, 3.8) is 0 Å². The topological polar surface area (TPSA) is 259 Å². The molecule has 22 nitrogen and oxygen atoms in total. The van der Waals surface area contributed by atoms with Gasteiger partial charge in [-0.05, 0) is 106 Å². The van der Waals surface area contributed by atoms with Gasteiger partial charge in [-0.3, -0.25) is 52.7 Å². The molecule has 0 aromatic heterocycles. The van der Waals surface area contributed by atoms with Crippen LogP contribution in [0.3, 0.4) is 0 Å². The molecule has 3 aliphatic carbocycles. The fourth-order valence-corrected chi connectivity index (χ4v) is 13.6. The third-order valence-electron chi connectivity index (χ3n) is 18.9. The molecule has 3 saturated carbocycles. The number of hydrogen-bond acceptors (Lipinski definition) is 11. The molecule has 1 aromatic carbocycles. The molecule has 5 aliphatic rings. The quantitative estimate of drug-likeness (QED) is 0.267. The summed E-state index contributed by atoms with van der Waals surface area (Å²) in [5, 5.41) is 11.0. The maximum absolute atomic E-state index is 15.0. The molecule has 2 heterocycles. The van der Waals surface area contributed by atoms with Crippen LogP contribution in [-0.2, 0) is 65.3 Å². The van der Waals surface area contributed by atoms with Crippen molar-refractivity contribution in [2.75, 3.05) is 68.5 Å².